The third-order valence-electron chi connectivity index (χ3n) is 5.53. The largest absolute Gasteiger partial charge is 0.331 e. The molecule has 2 aliphatic heterocycles. The number of halogens is 1. The predicted octanol–water partition coefficient (Wildman–Crippen LogP) is 3.74. The molecule has 5 heteroatoms. The van der Waals surface area contributed by atoms with Crippen molar-refractivity contribution in [2.45, 2.75) is 24.1 Å². The molecule has 0 saturated carbocycles. The van der Waals surface area contributed by atoms with Crippen molar-refractivity contribution in [2.24, 2.45) is 0 Å². The molecule has 2 heterocycles. The van der Waals surface area contributed by atoms with Crippen LogP contribution in [0.2, 0.25) is 0 Å². The first-order valence-corrected chi connectivity index (χ1v) is 10.6. The van der Waals surface area contributed by atoms with Gasteiger partial charge in [0.05, 0.1) is 6.04 Å². The highest BCUT2D eigenvalue weighted by Gasteiger charge is 2.33. The average molecular weight is 385 g/mol. The molecule has 2 atom stereocenters. The second-order valence-electron chi connectivity index (χ2n) is 7.45. The number of carbonyl (C=O) groups excluding carboxylic acids is 1. The zero-order valence-electron chi connectivity index (χ0n) is 15.6. The number of nitrogens with zero attached hydrogens (tertiary/aromatic N) is 2. The lowest BCUT2D eigenvalue weighted by Gasteiger charge is -2.39. The van der Waals surface area contributed by atoms with Gasteiger partial charge in [-0.05, 0) is 42.3 Å². The number of thioether (sulfide) groups is 1. The Balaban J connectivity index is 1.62. The normalized spacial score (nSPS) is 23.1. The topological polar surface area (TPSA) is 23.6 Å². The number of rotatable bonds is 3. The number of carbonyl (C=O) groups is 1. The molecule has 27 heavy (non-hydrogen) atoms. The van der Waals surface area contributed by atoms with E-state index in [1.54, 1.807) is 0 Å². The Morgan fingerprint density at radius 1 is 1.15 bits per heavy atom. The molecule has 1 fully saturated rings. The standard InChI is InChI=1S/C22H25FN2OS/c1-24-12-13-27-19(15-24)14-21(26)25-11-10-16-4-2-3-5-20(16)22(25)17-6-8-18(23)9-7-17/h2-9,19,22H,10-15H2,1H3/t19?,22-/m0/s1. The first kappa shape index (κ1) is 18.5. The van der Waals surface area contributed by atoms with E-state index in [0.717, 1.165) is 36.4 Å². The number of hydrogen-bond donors (Lipinski definition) is 0. The van der Waals surface area contributed by atoms with Crippen LogP contribution in [0.4, 0.5) is 4.39 Å². The summed E-state index contributed by atoms with van der Waals surface area (Å²) in [5.41, 5.74) is 3.42. The number of amides is 1. The van der Waals surface area contributed by atoms with Gasteiger partial charge in [-0.2, -0.15) is 11.8 Å². The van der Waals surface area contributed by atoms with Crippen LogP contribution in [0.25, 0.3) is 0 Å². The third kappa shape index (κ3) is 4.04. The molecule has 4 rings (SSSR count). The van der Waals surface area contributed by atoms with Gasteiger partial charge in [-0.15, -0.1) is 0 Å². The van der Waals surface area contributed by atoms with Gasteiger partial charge in [0.25, 0.3) is 0 Å². The highest BCUT2D eigenvalue weighted by atomic mass is 32.2. The van der Waals surface area contributed by atoms with Crippen molar-refractivity contribution < 1.29 is 9.18 Å². The van der Waals surface area contributed by atoms with Crippen LogP contribution in [-0.4, -0.2) is 53.4 Å². The summed E-state index contributed by atoms with van der Waals surface area (Å²) in [5, 5.41) is 0.349. The molecule has 1 saturated heterocycles. The van der Waals surface area contributed by atoms with Crippen molar-refractivity contribution in [3.63, 3.8) is 0 Å². The minimum atomic E-state index is -0.248. The van der Waals surface area contributed by atoms with E-state index in [2.05, 4.69) is 24.1 Å². The van der Waals surface area contributed by atoms with Gasteiger partial charge in [0.1, 0.15) is 5.82 Å². The first-order valence-electron chi connectivity index (χ1n) is 9.54. The maximum absolute atomic E-state index is 13.5. The summed E-state index contributed by atoms with van der Waals surface area (Å²) in [6.45, 7) is 2.76. The van der Waals surface area contributed by atoms with Gasteiger partial charge in [0, 0.05) is 37.1 Å². The second-order valence-corrected chi connectivity index (χ2v) is 8.86. The summed E-state index contributed by atoms with van der Waals surface area (Å²) in [7, 11) is 2.12. The lowest BCUT2D eigenvalue weighted by atomic mass is 9.88. The molecule has 2 aliphatic rings. The molecule has 2 aromatic rings. The zero-order valence-corrected chi connectivity index (χ0v) is 16.4. The van der Waals surface area contributed by atoms with E-state index in [1.807, 2.05) is 40.9 Å². The van der Waals surface area contributed by atoms with Gasteiger partial charge in [-0.3, -0.25) is 4.79 Å². The van der Waals surface area contributed by atoms with E-state index in [0.29, 0.717) is 18.2 Å². The molecule has 0 radical (unpaired) electrons. The fraction of sp³-hybridized carbons (Fsp3) is 0.409. The van der Waals surface area contributed by atoms with E-state index >= 15 is 0 Å². The van der Waals surface area contributed by atoms with Crippen molar-refractivity contribution >= 4 is 17.7 Å². The summed E-state index contributed by atoms with van der Waals surface area (Å²) < 4.78 is 13.5. The monoisotopic (exact) mass is 384 g/mol. The minimum Gasteiger partial charge on any atom is -0.331 e. The van der Waals surface area contributed by atoms with Crippen molar-refractivity contribution in [1.29, 1.82) is 0 Å². The van der Waals surface area contributed by atoms with Crippen LogP contribution < -0.4 is 0 Å². The Morgan fingerprint density at radius 3 is 2.70 bits per heavy atom. The molecule has 0 aliphatic carbocycles. The highest BCUT2D eigenvalue weighted by molar-refractivity contribution is 8.00. The Labute approximate surface area is 164 Å². The Hall–Kier alpha value is -1.85. The van der Waals surface area contributed by atoms with Crippen LogP contribution in [-0.2, 0) is 11.2 Å². The van der Waals surface area contributed by atoms with E-state index in [1.165, 1.54) is 17.7 Å². The van der Waals surface area contributed by atoms with E-state index < -0.39 is 0 Å². The molecule has 3 nitrogen and oxygen atoms in total. The average Bonchev–Trinajstić information content (AvgIpc) is 2.68. The van der Waals surface area contributed by atoms with Gasteiger partial charge >= 0.3 is 0 Å². The van der Waals surface area contributed by atoms with Crippen LogP contribution in [0.5, 0.6) is 0 Å². The summed E-state index contributed by atoms with van der Waals surface area (Å²) >= 11 is 1.91. The van der Waals surface area contributed by atoms with Gasteiger partial charge in [0.15, 0.2) is 0 Å². The van der Waals surface area contributed by atoms with Crippen LogP contribution in [0.3, 0.4) is 0 Å². The minimum absolute atomic E-state index is 0.130. The highest BCUT2D eigenvalue weighted by Crippen LogP contribution is 2.36. The number of fused-ring (bicyclic) bond motifs is 1. The van der Waals surface area contributed by atoms with Crippen molar-refractivity contribution in [1.82, 2.24) is 9.80 Å². The Kier molecular flexibility index (Phi) is 5.50. The van der Waals surface area contributed by atoms with Crippen LogP contribution in [0.1, 0.15) is 29.2 Å². The molecule has 0 N–H and O–H groups in total. The van der Waals surface area contributed by atoms with Gasteiger partial charge < -0.3 is 9.80 Å². The molecule has 0 spiro atoms. The predicted molar refractivity (Wildman–Crippen MR) is 108 cm³/mol. The maximum Gasteiger partial charge on any atom is 0.224 e. The molecule has 1 amide bonds. The summed E-state index contributed by atoms with van der Waals surface area (Å²) in [6, 6.07) is 14.8. The second kappa shape index (κ2) is 8.03. The maximum atomic E-state index is 13.5. The van der Waals surface area contributed by atoms with Crippen molar-refractivity contribution in [3.8, 4) is 0 Å². The SMILES string of the molecule is CN1CCSC(CC(=O)N2CCc3ccccc3[C@@H]2c2ccc(F)cc2)C1. The summed E-state index contributed by atoms with van der Waals surface area (Å²) in [5.74, 6) is 1.03. The molecule has 0 aromatic heterocycles. The summed E-state index contributed by atoms with van der Waals surface area (Å²) in [6.07, 6.45) is 1.44. The molecule has 1 unspecified atom stereocenters. The molecular formula is C22H25FN2OS. The number of benzene rings is 2. The molecular weight excluding hydrogens is 359 g/mol. The smallest absolute Gasteiger partial charge is 0.224 e. The fourth-order valence-corrected chi connectivity index (χ4v) is 5.51. The molecule has 2 aromatic carbocycles. The lowest BCUT2D eigenvalue weighted by Crippen LogP contribution is -2.43. The van der Waals surface area contributed by atoms with Gasteiger partial charge in [-0.1, -0.05) is 36.4 Å². The zero-order chi connectivity index (χ0) is 18.8. The third-order valence-corrected chi connectivity index (χ3v) is 6.74. The first-order chi connectivity index (χ1) is 13.1. The Bertz CT molecular complexity index is 810. The van der Waals surface area contributed by atoms with Gasteiger partial charge in [0.2, 0.25) is 5.91 Å². The van der Waals surface area contributed by atoms with E-state index in [9.17, 15) is 9.18 Å². The van der Waals surface area contributed by atoms with Crippen LogP contribution in [0, 0.1) is 5.82 Å². The van der Waals surface area contributed by atoms with Crippen LogP contribution >= 0.6 is 11.8 Å². The molecule has 0 bridgehead atoms. The quantitative estimate of drug-likeness (QED) is 0.806. The molecule has 142 valence electrons. The van der Waals surface area contributed by atoms with E-state index in [-0.39, 0.29) is 17.8 Å². The van der Waals surface area contributed by atoms with Crippen LogP contribution in [0.15, 0.2) is 48.5 Å². The lowest BCUT2D eigenvalue weighted by molar-refractivity contribution is -0.133. The Morgan fingerprint density at radius 2 is 1.93 bits per heavy atom. The number of hydrogen-bond acceptors (Lipinski definition) is 3. The van der Waals surface area contributed by atoms with Crippen molar-refractivity contribution in [3.05, 3.63) is 71.0 Å². The van der Waals surface area contributed by atoms with Gasteiger partial charge in [-0.25, -0.2) is 4.39 Å². The van der Waals surface area contributed by atoms with Crippen molar-refractivity contribution in [2.75, 3.05) is 32.4 Å². The van der Waals surface area contributed by atoms with E-state index in [4.69, 9.17) is 0 Å². The fourth-order valence-electron chi connectivity index (χ4n) is 4.14. The summed E-state index contributed by atoms with van der Waals surface area (Å²) in [4.78, 5) is 17.6.